The number of nitrogens with two attached hydrogens (primary N) is 1. The molecule has 3 N–H and O–H groups in total. The van der Waals surface area contributed by atoms with E-state index in [9.17, 15) is 4.79 Å². The van der Waals surface area contributed by atoms with Crippen molar-refractivity contribution < 1.29 is 4.79 Å². The summed E-state index contributed by atoms with van der Waals surface area (Å²) in [5.74, 6) is 3.01. The highest BCUT2D eigenvalue weighted by Crippen LogP contribution is 2.16. The first-order valence-corrected chi connectivity index (χ1v) is 5.64. The maximum absolute atomic E-state index is 11.3. The molecule has 3 nitrogen and oxygen atoms in total. The first-order valence-electron chi connectivity index (χ1n) is 5.64. The minimum Gasteiger partial charge on any atom is -0.345 e. The van der Waals surface area contributed by atoms with Crippen LogP contribution in [0.2, 0.25) is 0 Å². The van der Waals surface area contributed by atoms with Gasteiger partial charge in [0, 0.05) is 6.42 Å². The van der Waals surface area contributed by atoms with Gasteiger partial charge in [0.1, 0.15) is 0 Å². The average molecular weight is 210 g/mol. The van der Waals surface area contributed by atoms with Gasteiger partial charge in [0.2, 0.25) is 5.91 Å². The topological polar surface area (TPSA) is 55.1 Å². The van der Waals surface area contributed by atoms with E-state index in [2.05, 4.69) is 18.2 Å². The Morgan fingerprint density at radius 1 is 1.47 bits per heavy atom. The van der Waals surface area contributed by atoms with Gasteiger partial charge in [0.25, 0.3) is 0 Å². The maximum atomic E-state index is 11.3. The fraction of sp³-hybridized carbons (Fsp3) is 0.750. The van der Waals surface area contributed by atoms with Crippen LogP contribution in [0.1, 0.15) is 39.0 Å². The van der Waals surface area contributed by atoms with Crippen LogP contribution in [0, 0.1) is 18.3 Å². The highest BCUT2D eigenvalue weighted by Gasteiger charge is 2.09. The fourth-order valence-electron chi connectivity index (χ4n) is 1.65. The first-order chi connectivity index (χ1) is 7.24. The normalized spacial score (nSPS) is 11.8. The Kier molecular flexibility index (Phi) is 8.90. The third-order valence-electron chi connectivity index (χ3n) is 2.44. The van der Waals surface area contributed by atoms with Gasteiger partial charge in [-0.05, 0) is 25.3 Å². The summed E-state index contributed by atoms with van der Waals surface area (Å²) in [6.07, 6.45) is 9.84. The molecule has 0 heterocycles. The van der Waals surface area contributed by atoms with E-state index >= 15 is 0 Å². The molecule has 0 spiro atoms. The highest BCUT2D eigenvalue weighted by atomic mass is 16.1. The van der Waals surface area contributed by atoms with Crippen LogP contribution in [0.4, 0.5) is 0 Å². The summed E-state index contributed by atoms with van der Waals surface area (Å²) < 4.78 is 0. The lowest BCUT2D eigenvalue weighted by Gasteiger charge is -2.14. The molecule has 0 bridgehead atoms. The zero-order chi connectivity index (χ0) is 11.5. The molecule has 0 aliphatic rings. The summed E-state index contributed by atoms with van der Waals surface area (Å²) in [4.78, 5) is 11.3. The second-order valence-corrected chi connectivity index (χ2v) is 3.75. The Balaban J connectivity index is 3.68. The van der Waals surface area contributed by atoms with E-state index in [1.807, 2.05) is 0 Å². The molecule has 1 atom stereocenters. The van der Waals surface area contributed by atoms with Crippen molar-refractivity contribution in [1.29, 1.82) is 0 Å². The summed E-state index contributed by atoms with van der Waals surface area (Å²) in [7, 11) is 0. The number of hydrogen-bond acceptors (Lipinski definition) is 2. The molecule has 15 heavy (non-hydrogen) atoms. The number of carbonyl (C=O) groups excluding carboxylic acids is 1. The Morgan fingerprint density at radius 3 is 2.73 bits per heavy atom. The Hall–Kier alpha value is -1.01. The second-order valence-electron chi connectivity index (χ2n) is 3.75. The molecule has 86 valence electrons. The summed E-state index contributed by atoms with van der Waals surface area (Å²) in [6, 6.07) is 0. The predicted octanol–water partition coefficient (Wildman–Crippen LogP) is 1.28. The van der Waals surface area contributed by atoms with Crippen molar-refractivity contribution in [3.05, 3.63) is 0 Å². The number of terminal acetylenes is 1. The van der Waals surface area contributed by atoms with Crippen LogP contribution in [0.5, 0.6) is 0 Å². The molecular formula is C12H22N2O. The van der Waals surface area contributed by atoms with Crippen LogP contribution < -0.4 is 11.1 Å². The van der Waals surface area contributed by atoms with Gasteiger partial charge in [-0.1, -0.05) is 25.7 Å². The molecule has 0 aromatic heterocycles. The molecule has 1 unspecified atom stereocenters. The fourth-order valence-corrected chi connectivity index (χ4v) is 1.65. The zero-order valence-electron chi connectivity index (χ0n) is 9.59. The molecule has 0 aliphatic heterocycles. The molecule has 0 radical (unpaired) electrons. The van der Waals surface area contributed by atoms with Crippen molar-refractivity contribution in [3.8, 4) is 12.3 Å². The van der Waals surface area contributed by atoms with Crippen LogP contribution in [0.15, 0.2) is 0 Å². The minimum absolute atomic E-state index is 0.0473. The van der Waals surface area contributed by atoms with Crippen LogP contribution in [0.3, 0.4) is 0 Å². The van der Waals surface area contributed by atoms with Gasteiger partial charge < -0.3 is 11.1 Å². The highest BCUT2D eigenvalue weighted by molar-refractivity contribution is 5.76. The number of hydrogen-bond donors (Lipinski definition) is 2. The third kappa shape index (κ3) is 8.02. The predicted molar refractivity (Wildman–Crippen MR) is 63.1 cm³/mol. The van der Waals surface area contributed by atoms with Crippen molar-refractivity contribution in [2.45, 2.75) is 39.0 Å². The van der Waals surface area contributed by atoms with Gasteiger partial charge in [-0.25, -0.2) is 0 Å². The largest absolute Gasteiger partial charge is 0.345 e. The van der Waals surface area contributed by atoms with Crippen LogP contribution in [0.25, 0.3) is 0 Å². The van der Waals surface area contributed by atoms with Gasteiger partial charge in [0.05, 0.1) is 6.54 Å². The minimum atomic E-state index is 0.0473. The standard InChI is InChI=1S/C12H22N2O/c1-3-5-11(8-9-13)6-7-12(15)14-10-4-2/h2,11H,3,5-10,13H2,1H3,(H,14,15). The van der Waals surface area contributed by atoms with Gasteiger partial charge in [-0.3, -0.25) is 4.79 Å². The van der Waals surface area contributed by atoms with E-state index in [0.29, 0.717) is 25.4 Å². The molecule has 1 amide bonds. The smallest absolute Gasteiger partial charge is 0.220 e. The van der Waals surface area contributed by atoms with Gasteiger partial charge in [-0.2, -0.15) is 0 Å². The third-order valence-corrected chi connectivity index (χ3v) is 2.44. The quantitative estimate of drug-likeness (QED) is 0.593. The number of nitrogens with one attached hydrogen (secondary N) is 1. The van der Waals surface area contributed by atoms with Crippen molar-refractivity contribution in [2.24, 2.45) is 11.7 Å². The lowest BCUT2D eigenvalue weighted by Crippen LogP contribution is -2.24. The molecule has 0 rings (SSSR count). The summed E-state index contributed by atoms with van der Waals surface area (Å²) in [6.45, 7) is 3.19. The van der Waals surface area contributed by atoms with Gasteiger partial charge in [0.15, 0.2) is 0 Å². The lowest BCUT2D eigenvalue weighted by molar-refractivity contribution is -0.121. The zero-order valence-corrected chi connectivity index (χ0v) is 9.59. The van der Waals surface area contributed by atoms with Crippen LogP contribution in [-0.2, 0) is 4.79 Å². The SMILES string of the molecule is C#CCNC(=O)CCC(CCC)CCN. The molecule has 0 fully saturated rings. The molecule has 0 saturated carbocycles. The van der Waals surface area contributed by atoms with E-state index in [1.165, 1.54) is 0 Å². The second kappa shape index (κ2) is 9.54. The van der Waals surface area contributed by atoms with Crippen molar-refractivity contribution >= 4 is 5.91 Å². The van der Waals surface area contributed by atoms with Gasteiger partial charge in [-0.15, -0.1) is 6.42 Å². The molecule has 0 saturated heterocycles. The molecule has 0 aromatic rings. The Labute approximate surface area is 92.8 Å². The summed E-state index contributed by atoms with van der Waals surface area (Å²) in [5.41, 5.74) is 5.52. The van der Waals surface area contributed by atoms with Crippen molar-refractivity contribution in [3.63, 3.8) is 0 Å². The monoisotopic (exact) mass is 210 g/mol. The van der Waals surface area contributed by atoms with E-state index in [-0.39, 0.29) is 5.91 Å². The summed E-state index contributed by atoms with van der Waals surface area (Å²) >= 11 is 0. The molecule has 0 aliphatic carbocycles. The Bertz CT molecular complexity index is 202. The maximum Gasteiger partial charge on any atom is 0.220 e. The first kappa shape index (κ1) is 14.0. The number of rotatable bonds is 8. The number of amides is 1. The van der Waals surface area contributed by atoms with Crippen LogP contribution in [-0.4, -0.2) is 19.0 Å². The Morgan fingerprint density at radius 2 is 2.20 bits per heavy atom. The number of carbonyl (C=O) groups is 1. The van der Waals surface area contributed by atoms with Crippen molar-refractivity contribution in [1.82, 2.24) is 5.32 Å². The van der Waals surface area contributed by atoms with E-state index in [0.717, 1.165) is 25.7 Å². The summed E-state index contributed by atoms with van der Waals surface area (Å²) in [5, 5.41) is 2.67. The molecular weight excluding hydrogens is 188 g/mol. The van der Waals surface area contributed by atoms with E-state index in [1.54, 1.807) is 0 Å². The van der Waals surface area contributed by atoms with Gasteiger partial charge >= 0.3 is 0 Å². The average Bonchev–Trinajstić information content (AvgIpc) is 2.23. The van der Waals surface area contributed by atoms with E-state index < -0.39 is 0 Å². The van der Waals surface area contributed by atoms with E-state index in [4.69, 9.17) is 12.2 Å². The van der Waals surface area contributed by atoms with Crippen molar-refractivity contribution in [2.75, 3.05) is 13.1 Å². The molecule has 3 heteroatoms. The van der Waals surface area contributed by atoms with Crippen LogP contribution >= 0.6 is 0 Å². The lowest BCUT2D eigenvalue weighted by atomic mass is 9.94. The molecule has 0 aromatic carbocycles.